The molecular formula is C15H10BrCl2NO2. The van der Waals surface area contributed by atoms with Crippen molar-refractivity contribution in [2.75, 3.05) is 3.93 Å². The first-order chi connectivity index (χ1) is 9.93. The molecule has 1 amide bonds. The van der Waals surface area contributed by atoms with Crippen molar-refractivity contribution in [1.82, 2.24) is 0 Å². The number of hydrogen-bond donors (Lipinski definition) is 0. The molecule has 0 radical (unpaired) electrons. The van der Waals surface area contributed by atoms with Crippen LogP contribution in [0.15, 0.2) is 42.5 Å². The first kappa shape index (κ1) is 16.0. The van der Waals surface area contributed by atoms with Crippen molar-refractivity contribution in [3.63, 3.8) is 0 Å². The van der Waals surface area contributed by atoms with Crippen molar-refractivity contribution in [2.45, 2.75) is 6.92 Å². The Bertz CT molecular complexity index is 704. The number of ketones is 1. The summed E-state index contributed by atoms with van der Waals surface area (Å²) >= 11 is 15.3. The van der Waals surface area contributed by atoms with Crippen LogP contribution in [0.3, 0.4) is 0 Å². The lowest BCUT2D eigenvalue weighted by Crippen LogP contribution is -2.19. The van der Waals surface area contributed by atoms with E-state index in [1.807, 2.05) is 6.07 Å². The van der Waals surface area contributed by atoms with Gasteiger partial charge in [0, 0.05) is 18.1 Å². The molecule has 0 N–H and O–H groups in total. The quantitative estimate of drug-likeness (QED) is 0.556. The van der Waals surface area contributed by atoms with Gasteiger partial charge in [0.05, 0.1) is 31.9 Å². The molecule has 2 aromatic carbocycles. The normalized spacial score (nSPS) is 10.3. The van der Waals surface area contributed by atoms with Crippen LogP contribution in [0.5, 0.6) is 0 Å². The van der Waals surface area contributed by atoms with E-state index in [1.165, 1.54) is 13.0 Å². The minimum atomic E-state index is -0.318. The molecule has 3 nitrogen and oxygen atoms in total. The van der Waals surface area contributed by atoms with Gasteiger partial charge in [-0.25, -0.2) is 3.93 Å². The zero-order valence-electron chi connectivity index (χ0n) is 10.9. The maximum Gasteiger partial charge on any atom is 0.234 e. The highest BCUT2D eigenvalue weighted by atomic mass is 79.9. The molecule has 0 spiro atoms. The first-order valence-electron chi connectivity index (χ1n) is 5.97. The number of halogens is 3. The van der Waals surface area contributed by atoms with Crippen LogP contribution in [0.1, 0.15) is 22.8 Å². The van der Waals surface area contributed by atoms with Crippen LogP contribution in [0, 0.1) is 0 Å². The Morgan fingerprint density at radius 3 is 2.24 bits per heavy atom. The number of benzene rings is 2. The van der Waals surface area contributed by atoms with Crippen LogP contribution in [-0.4, -0.2) is 11.7 Å². The zero-order chi connectivity index (χ0) is 15.6. The molecule has 0 heterocycles. The Balaban J connectivity index is 2.61. The fourth-order valence-electron chi connectivity index (χ4n) is 1.82. The maximum absolute atomic E-state index is 12.6. The number of carbonyl (C=O) groups excluding carboxylic acids is 2. The van der Waals surface area contributed by atoms with Gasteiger partial charge in [0.2, 0.25) is 5.91 Å². The number of amides is 1. The van der Waals surface area contributed by atoms with E-state index in [1.54, 1.807) is 30.3 Å². The van der Waals surface area contributed by atoms with E-state index in [0.717, 1.165) is 3.93 Å². The summed E-state index contributed by atoms with van der Waals surface area (Å²) in [5.41, 5.74) is 1.04. The second kappa shape index (κ2) is 6.60. The van der Waals surface area contributed by atoms with E-state index in [2.05, 4.69) is 16.1 Å². The summed E-state index contributed by atoms with van der Waals surface area (Å²) in [6.45, 7) is 1.35. The van der Waals surface area contributed by atoms with E-state index >= 15 is 0 Å². The molecule has 2 rings (SSSR count). The van der Waals surface area contributed by atoms with Crippen molar-refractivity contribution in [3.8, 4) is 0 Å². The second-order valence-corrected chi connectivity index (χ2v) is 5.75. The third kappa shape index (κ3) is 3.28. The highest BCUT2D eigenvalue weighted by molar-refractivity contribution is 9.10. The predicted octanol–water partition coefficient (Wildman–Crippen LogP) is 4.89. The Labute approximate surface area is 140 Å². The average Bonchev–Trinajstić information content (AvgIpc) is 2.49. The summed E-state index contributed by atoms with van der Waals surface area (Å²) in [7, 11) is 0. The smallest absolute Gasteiger partial charge is 0.234 e. The fourth-order valence-corrected chi connectivity index (χ4v) is 2.69. The lowest BCUT2D eigenvalue weighted by Gasteiger charge is -2.18. The van der Waals surface area contributed by atoms with Crippen molar-refractivity contribution in [2.24, 2.45) is 0 Å². The van der Waals surface area contributed by atoms with Gasteiger partial charge < -0.3 is 0 Å². The van der Waals surface area contributed by atoms with Crippen molar-refractivity contribution in [3.05, 3.63) is 63.6 Å². The third-order valence-corrected chi connectivity index (χ3v) is 4.47. The van der Waals surface area contributed by atoms with E-state index < -0.39 is 0 Å². The molecule has 0 fully saturated rings. The third-order valence-electron chi connectivity index (χ3n) is 2.82. The summed E-state index contributed by atoms with van der Waals surface area (Å²) in [5, 5.41) is 0.410. The Morgan fingerprint density at radius 1 is 1.05 bits per heavy atom. The number of anilines is 1. The largest absolute Gasteiger partial charge is 0.289 e. The molecule has 0 atom stereocenters. The Kier molecular flexibility index (Phi) is 5.04. The average molecular weight is 387 g/mol. The van der Waals surface area contributed by atoms with Gasteiger partial charge in [-0.15, -0.1) is 0 Å². The second-order valence-electron chi connectivity index (χ2n) is 4.25. The molecule has 0 saturated carbocycles. The highest BCUT2D eigenvalue weighted by Crippen LogP contribution is 2.38. The van der Waals surface area contributed by atoms with Gasteiger partial charge in [-0.05, 0) is 12.1 Å². The fraction of sp³-hybridized carbons (Fsp3) is 0.0667. The highest BCUT2D eigenvalue weighted by Gasteiger charge is 2.23. The van der Waals surface area contributed by atoms with Gasteiger partial charge >= 0.3 is 0 Å². The molecule has 2 aromatic rings. The van der Waals surface area contributed by atoms with Gasteiger partial charge in [0.25, 0.3) is 0 Å². The molecule has 0 aromatic heterocycles. The van der Waals surface area contributed by atoms with Crippen molar-refractivity contribution < 1.29 is 9.59 Å². The van der Waals surface area contributed by atoms with Crippen LogP contribution in [0.2, 0.25) is 10.0 Å². The van der Waals surface area contributed by atoms with E-state index in [0.29, 0.717) is 11.1 Å². The van der Waals surface area contributed by atoms with Gasteiger partial charge in [-0.1, -0.05) is 53.5 Å². The van der Waals surface area contributed by atoms with Gasteiger partial charge in [-0.2, -0.15) is 0 Å². The van der Waals surface area contributed by atoms with Crippen LogP contribution in [0.25, 0.3) is 0 Å². The predicted molar refractivity (Wildman–Crippen MR) is 88.4 cm³/mol. The minimum Gasteiger partial charge on any atom is -0.289 e. The lowest BCUT2D eigenvalue weighted by atomic mass is 10.0. The monoisotopic (exact) mass is 385 g/mol. The molecule has 0 bridgehead atoms. The van der Waals surface area contributed by atoms with Gasteiger partial charge in [-0.3, -0.25) is 9.59 Å². The summed E-state index contributed by atoms with van der Waals surface area (Å²) in [6, 6.07) is 11.8. The summed E-state index contributed by atoms with van der Waals surface area (Å²) in [4.78, 5) is 24.2. The number of rotatable bonds is 3. The summed E-state index contributed by atoms with van der Waals surface area (Å²) in [6.07, 6.45) is 0. The molecule has 0 aliphatic carbocycles. The van der Waals surface area contributed by atoms with Crippen LogP contribution < -0.4 is 3.93 Å². The lowest BCUT2D eigenvalue weighted by molar-refractivity contribution is -0.115. The minimum absolute atomic E-state index is 0.144. The summed E-state index contributed by atoms with van der Waals surface area (Å²) < 4.78 is 1.14. The number of hydrogen-bond acceptors (Lipinski definition) is 2. The van der Waals surface area contributed by atoms with Gasteiger partial charge in [0.1, 0.15) is 0 Å². The molecule has 21 heavy (non-hydrogen) atoms. The van der Waals surface area contributed by atoms with E-state index in [4.69, 9.17) is 23.2 Å². The molecular weight excluding hydrogens is 377 g/mol. The first-order valence-corrected chi connectivity index (χ1v) is 7.44. The van der Waals surface area contributed by atoms with E-state index in [9.17, 15) is 9.59 Å². The topological polar surface area (TPSA) is 37.4 Å². The summed E-state index contributed by atoms with van der Waals surface area (Å²) in [5.74, 6) is -0.559. The van der Waals surface area contributed by atoms with Crippen LogP contribution in [-0.2, 0) is 4.79 Å². The molecule has 6 heteroatoms. The molecule has 108 valence electrons. The Morgan fingerprint density at radius 2 is 1.67 bits per heavy atom. The Hall–Kier alpha value is -1.36. The maximum atomic E-state index is 12.6. The number of carbonyl (C=O) groups is 2. The molecule has 0 saturated heterocycles. The zero-order valence-corrected chi connectivity index (χ0v) is 14.0. The standard InChI is InChI=1S/C15H10BrCl2NO2/c1-9(20)19(16)14-11(7-8-12(17)13(14)18)15(21)10-5-3-2-4-6-10/h2-8H,1H3. The van der Waals surface area contributed by atoms with E-state index in [-0.39, 0.29) is 27.4 Å². The van der Waals surface area contributed by atoms with Crippen LogP contribution >= 0.6 is 39.3 Å². The van der Waals surface area contributed by atoms with Crippen molar-refractivity contribution >= 4 is 56.7 Å². The number of nitrogens with zero attached hydrogens (tertiary/aromatic N) is 1. The SMILES string of the molecule is CC(=O)N(Br)c1c(C(=O)c2ccccc2)ccc(Cl)c1Cl. The molecule has 0 aliphatic rings. The molecule has 0 unspecified atom stereocenters. The van der Waals surface area contributed by atoms with Gasteiger partial charge in [0.15, 0.2) is 5.78 Å². The van der Waals surface area contributed by atoms with Crippen LogP contribution in [0.4, 0.5) is 5.69 Å². The van der Waals surface area contributed by atoms with Crippen molar-refractivity contribution in [1.29, 1.82) is 0 Å². The molecule has 0 aliphatic heterocycles.